The van der Waals surface area contributed by atoms with Gasteiger partial charge in [-0.15, -0.1) is 12.1 Å². The summed E-state index contributed by atoms with van der Waals surface area (Å²) >= 11 is 0. The minimum Gasteiger partial charge on any atom is -0.490 e. The summed E-state index contributed by atoms with van der Waals surface area (Å²) in [6.45, 7) is 5.09. The molecule has 1 atom stereocenters. The fourth-order valence-electron chi connectivity index (χ4n) is 2.87. The first-order chi connectivity index (χ1) is 11.8. The van der Waals surface area contributed by atoms with Gasteiger partial charge in [0.2, 0.25) is 0 Å². The number of aryl methyl sites for hydroxylation is 1. The van der Waals surface area contributed by atoms with Gasteiger partial charge in [0.1, 0.15) is 12.4 Å². The molecular weight excluding hydrogens is 490 g/mol. The Bertz CT molecular complexity index is 824. The fourth-order valence-corrected chi connectivity index (χ4v) is 2.87. The van der Waals surface area contributed by atoms with Gasteiger partial charge in [-0.25, -0.2) is 0 Å². The van der Waals surface area contributed by atoms with E-state index in [9.17, 15) is 0 Å². The van der Waals surface area contributed by atoms with Crippen LogP contribution >= 0.6 is 0 Å². The second kappa shape index (κ2) is 7.96. The van der Waals surface area contributed by atoms with Crippen molar-refractivity contribution >= 4 is 17.1 Å². The fraction of sp³-hybridized carbons (Fsp3) is 0.333. The molecule has 1 radical (unpaired) electrons. The van der Waals surface area contributed by atoms with Gasteiger partial charge in [0.15, 0.2) is 0 Å². The van der Waals surface area contributed by atoms with Crippen LogP contribution in [0.3, 0.4) is 0 Å². The topological polar surface area (TPSA) is 63.4 Å². The molecule has 1 aromatic carbocycles. The Hall–Kier alpha value is -1.94. The largest absolute Gasteiger partial charge is 0.490 e. The van der Waals surface area contributed by atoms with E-state index in [1.165, 1.54) is 0 Å². The Balaban J connectivity index is 0.00000182. The van der Waals surface area contributed by atoms with Crippen LogP contribution in [-0.4, -0.2) is 42.3 Å². The molecule has 1 fully saturated rings. The third-order valence-electron chi connectivity index (χ3n) is 4.13. The predicted octanol–water partition coefficient (Wildman–Crippen LogP) is 2.19. The molecule has 0 saturated carbocycles. The smallest absolute Gasteiger partial charge is 0.283 e. The van der Waals surface area contributed by atoms with E-state index in [0.717, 1.165) is 42.0 Å². The van der Waals surface area contributed by atoms with Crippen LogP contribution in [0.1, 0.15) is 5.56 Å². The monoisotopic (exact) mass is 510 g/mol. The van der Waals surface area contributed by atoms with E-state index in [1.807, 2.05) is 31.2 Å². The van der Waals surface area contributed by atoms with Crippen LogP contribution in [0.2, 0.25) is 0 Å². The van der Waals surface area contributed by atoms with Crippen molar-refractivity contribution in [1.82, 2.24) is 15.3 Å². The molecule has 0 amide bonds. The molecule has 2 aromatic heterocycles. The molecule has 1 aliphatic heterocycles. The van der Waals surface area contributed by atoms with E-state index >= 15 is 0 Å². The molecule has 1 N–H and O–H groups in total. The Labute approximate surface area is 160 Å². The molecule has 3 heterocycles. The van der Waals surface area contributed by atoms with Crippen LogP contribution in [0.25, 0.3) is 11.1 Å². The zero-order chi connectivity index (χ0) is 16.4. The number of rotatable bonds is 4. The second-order valence-corrected chi connectivity index (χ2v) is 5.91. The molecule has 4 rings (SSSR count). The summed E-state index contributed by atoms with van der Waals surface area (Å²) in [7, 11) is 0. The zero-order valence-corrected chi connectivity index (χ0v) is 16.6. The minimum absolute atomic E-state index is 0. The van der Waals surface area contributed by atoms with Crippen LogP contribution in [0, 0.1) is 13.0 Å². The first kappa shape index (κ1) is 17.9. The maximum Gasteiger partial charge on any atom is 0.283 e. The summed E-state index contributed by atoms with van der Waals surface area (Å²) in [5.41, 5.74) is 2.68. The first-order valence-corrected chi connectivity index (χ1v) is 8.09. The molecule has 0 aliphatic carbocycles. The Kier molecular flexibility index (Phi) is 5.69. The van der Waals surface area contributed by atoms with Crippen LogP contribution in [0.4, 0.5) is 6.01 Å². The second-order valence-electron chi connectivity index (χ2n) is 5.91. The Morgan fingerprint density at radius 1 is 1.48 bits per heavy atom. The predicted molar refractivity (Wildman–Crippen MR) is 91.3 cm³/mol. The maximum absolute atomic E-state index is 5.97. The third-order valence-corrected chi connectivity index (χ3v) is 4.13. The van der Waals surface area contributed by atoms with Gasteiger partial charge in [0.25, 0.3) is 6.01 Å². The zero-order valence-electron chi connectivity index (χ0n) is 13.9. The number of ether oxygens (including phenoxy) is 1. The third kappa shape index (κ3) is 4.01. The number of nitrogens with zero attached hydrogens (tertiary/aromatic N) is 3. The molecule has 0 bridgehead atoms. The molecule has 0 spiro atoms. The number of anilines is 1. The average Bonchev–Trinajstić information content (AvgIpc) is 3.04. The van der Waals surface area contributed by atoms with Crippen molar-refractivity contribution in [2.75, 3.05) is 31.1 Å². The molecule has 0 unspecified atom stereocenters. The SMILES string of the molecule is Cc1[c-]cc2nc(N3CCNC[C@H]3COc3cccnc3)oc2c1.[Re]. The van der Waals surface area contributed by atoms with E-state index in [0.29, 0.717) is 12.6 Å². The summed E-state index contributed by atoms with van der Waals surface area (Å²) in [6.07, 6.45) is 3.46. The first-order valence-electron chi connectivity index (χ1n) is 8.09. The van der Waals surface area contributed by atoms with Gasteiger partial charge < -0.3 is 19.4 Å². The number of fused-ring (bicyclic) bond motifs is 1. The van der Waals surface area contributed by atoms with Gasteiger partial charge in [-0.05, 0) is 17.6 Å². The van der Waals surface area contributed by atoms with Crippen molar-refractivity contribution in [3.8, 4) is 5.75 Å². The number of hydrogen-bond acceptors (Lipinski definition) is 6. The number of oxazole rings is 1. The summed E-state index contributed by atoms with van der Waals surface area (Å²) in [5, 5.41) is 3.40. The van der Waals surface area contributed by atoms with Gasteiger partial charge in [-0.2, -0.15) is 11.6 Å². The molecule has 7 heteroatoms. The van der Waals surface area contributed by atoms with E-state index in [-0.39, 0.29) is 26.5 Å². The summed E-state index contributed by atoms with van der Waals surface area (Å²) in [6, 6.07) is 11.6. The summed E-state index contributed by atoms with van der Waals surface area (Å²) in [4.78, 5) is 10.9. The summed E-state index contributed by atoms with van der Waals surface area (Å²) < 4.78 is 11.8. The van der Waals surface area contributed by atoms with Crippen molar-refractivity contribution in [3.05, 3.63) is 48.3 Å². The van der Waals surface area contributed by atoms with E-state index in [1.54, 1.807) is 12.4 Å². The normalized spacial score (nSPS) is 17.3. The maximum atomic E-state index is 5.97. The quantitative estimate of drug-likeness (QED) is 0.545. The van der Waals surface area contributed by atoms with Crippen molar-refractivity contribution in [3.63, 3.8) is 0 Å². The Morgan fingerprint density at radius 3 is 3.24 bits per heavy atom. The molecule has 1 aliphatic rings. The van der Waals surface area contributed by atoms with Crippen LogP contribution in [0.15, 0.2) is 41.1 Å². The molecule has 6 nitrogen and oxygen atoms in total. The van der Waals surface area contributed by atoms with Gasteiger partial charge in [-0.3, -0.25) is 9.97 Å². The van der Waals surface area contributed by atoms with Crippen molar-refractivity contribution < 1.29 is 29.6 Å². The average molecular weight is 510 g/mol. The van der Waals surface area contributed by atoms with E-state index < -0.39 is 0 Å². The van der Waals surface area contributed by atoms with Crippen LogP contribution < -0.4 is 15.0 Å². The van der Waals surface area contributed by atoms with Crippen molar-refractivity contribution in [1.29, 1.82) is 0 Å². The summed E-state index contributed by atoms with van der Waals surface area (Å²) in [5.74, 6) is 0.769. The van der Waals surface area contributed by atoms with Gasteiger partial charge in [-0.1, -0.05) is 6.92 Å². The van der Waals surface area contributed by atoms with Crippen LogP contribution in [0.5, 0.6) is 5.75 Å². The number of benzene rings is 1. The number of hydrogen-bond donors (Lipinski definition) is 1. The van der Waals surface area contributed by atoms with Crippen molar-refractivity contribution in [2.45, 2.75) is 13.0 Å². The molecular formula is C18H19N4O2Re-. The van der Waals surface area contributed by atoms with Gasteiger partial charge in [0.05, 0.1) is 12.2 Å². The Morgan fingerprint density at radius 2 is 2.40 bits per heavy atom. The number of piperazine rings is 1. The van der Waals surface area contributed by atoms with Crippen LogP contribution in [-0.2, 0) is 20.4 Å². The molecule has 1 saturated heterocycles. The van der Waals surface area contributed by atoms with Gasteiger partial charge in [0, 0.05) is 51.8 Å². The van der Waals surface area contributed by atoms with E-state index in [2.05, 4.69) is 26.3 Å². The molecule has 25 heavy (non-hydrogen) atoms. The molecule has 131 valence electrons. The standard InChI is InChI=1S/C18H19N4O2.Re/c1-13-4-5-16-17(9-13)24-18(21-16)22-8-7-20-10-14(22)12-23-15-3-2-6-19-11-15;/h2-3,5-6,9,11,14,20H,7-8,10,12H2,1H3;/q-1;/t14-;/m0./s1. The number of aromatic nitrogens is 2. The van der Waals surface area contributed by atoms with Gasteiger partial charge >= 0.3 is 0 Å². The number of nitrogens with one attached hydrogen (secondary N) is 1. The number of pyridine rings is 1. The van der Waals surface area contributed by atoms with E-state index in [4.69, 9.17) is 9.15 Å². The van der Waals surface area contributed by atoms with Crippen molar-refractivity contribution in [2.24, 2.45) is 0 Å². The molecule has 3 aromatic rings. The minimum atomic E-state index is 0.